The number of ether oxygens (including phenoxy) is 1. The number of carboxylic acid groups (broad SMARTS) is 1. The molecule has 0 saturated heterocycles. The van der Waals surface area contributed by atoms with Gasteiger partial charge in [0.1, 0.15) is 11.4 Å². The molecule has 112 valence electrons. The van der Waals surface area contributed by atoms with Crippen molar-refractivity contribution in [3.05, 3.63) is 24.0 Å². The molecule has 1 aromatic rings. The highest BCUT2D eigenvalue weighted by Gasteiger charge is 2.17. The second kappa shape index (κ2) is 6.67. The van der Waals surface area contributed by atoms with Crippen LogP contribution in [0.25, 0.3) is 0 Å². The van der Waals surface area contributed by atoms with Crippen LogP contribution in [-0.2, 0) is 16.1 Å². The van der Waals surface area contributed by atoms with Crippen LogP contribution < -0.4 is 5.32 Å². The third kappa shape index (κ3) is 5.54. The largest absolute Gasteiger partial charge is 0.593 e. The minimum absolute atomic E-state index is 0.0680. The summed E-state index contributed by atoms with van der Waals surface area (Å²) in [4.78, 5) is 22.0. The first-order valence-corrected chi connectivity index (χ1v) is 7.23. The number of hydrogen-bond acceptors (Lipinski definition) is 4. The lowest BCUT2D eigenvalue weighted by molar-refractivity contribution is 0.0530. The Balaban J connectivity index is 2.38. The zero-order valence-corrected chi connectivity index (χ0v) is 12.4. The summed E-state index contributed by atoms with van der Waals surface area (Å²) in [5, 5.41) is 11.2. The fourth-order valence-corrected chi connectivity index (χ4v) is 2.21. The van der Waals surface area contributed by atoms with E-state index in [1.807, 2.05) is 0 Å². The number of rotatable bonds is 5. The van der Waals surface area contributed by atoms with Crippen molar-refractivity contribution in [2.75, 3.05) is 12.3 Å². The van der Waals surface area contributed by atoms with Gasteiger partial charge >= 0.3 is 12.1 Å². The third-order valence-corrected chi connectivity index (χ3v) is 3.35. The van der Waals surface area contributed by atoms with E-state index in [2.05, 4.69) is 5.32 Å². The first-order chi connectivity index (χ1) is 9.19. The summed E-state index contributed by atoms with van der Waals surface area (Å²) >= 11 is -1.44. The average molecular weight is 302 g/mol. The van der Waals surface area contributed by atoms with Crippen molar-refractivity contribution in [1.29, 1.82) is 0 Å². The maximum atomic E-state index is 11.8. The molecule has 0 radical (unpaired) electrons. The minimum Gasteiger partial charge on any atom is -0.593 e. The van der Waals surface area contributed by atoms with Gasteiger partial charge in [0.25, 0.3) is 0 Å². The number of aromatic carboxylic acids is 1. The second-order valence-electron chi connectivity index (χ2n) is 5.02. The molecule has 0 saturated carbocycles. The smallest absolute Gasteiger partial charge is 0.407 e. The quantitative estimate of drug-likeness (QED) is 0.796. The maximum Gasteiger partial charge on any atom is 0.407 e. The number of carbonyl (C=O) groups excluding carboxylic acids is 1. The Hall–Kier alpha value is -1.67. The first-order valence-electron chi connectivity index (χ1n) is 5.96. The summed E-state index contributed by atoms with van der Waals surface area (Å²) in [6.07, 6.45) is 2.13. The van der Waals surface area contributed by atoms with Crippen molar-refractivity contribution < 1.29 is 24.0 Å². The number of nitrogens with one attached hydrogen (secondary N) is 1. The van der Waals surface area contributed by atoms with Crippen LogP contribution >= 0.6 is 0 Å². The van der Waals surface area contributed by atoms with Gasteiger partial charge in [-0.15, -0.1) is 0 Å². The number of alkyl carbamates (subject to hydrolysis) is 1. The zero-order valence-electron chi connectivity index (χ0n) is 11.6. The van der Waals surface area contributed by atoms with Gasteiger partial charge in [0, 0.05) is 0 Å². The summed E-state index contributed by atoms with van der Waals surface area (Å²) in [6, 6.07) is 1.36. The van der Waals surface area contributed by atoms with Gasteiger partial charge in [-0.2, -0.15) is 3.97 Å². The van der Waals surface area contributed by atoms with Crippen LogP contribution in [0.4, 0.5) is 4.79 Å². The molecule has 0 aliphatic heterocycles. The molecule has 0 aromatic carbocycles. The van der Waals surface area contributed by atoms with Gasteiger partial charge in [0.2, 0.25) is 0 Å². The van der Waals surface area contributed by atoms with E-state index in [0.29, 0.717) is 0 Å². The molecular weight excluding hydrogens is 284 g/mol. The van der Waals surface area contributed by atoms with Crippen LogP contribution in [0.1, 0.15) is 31.1 Å². The molecule has 1 amide bonds. The predicted molar refractivity (Wildman–Crippen MR) is 74.0 cm³/mol. The van der Waals surface area contributed by atoms with E-state index >= 15 is 0 Å². The maximum absolute atomic E-state index is 11.8. The highest BCUT2D eigenvalue weighted by atomic mass is 32.2. The van der Waals surface area contributed by atoms with Crippen LogP contribution in [0.15, 0.2) is 18.5 Å². The molecule has 1 unspecified atom stereocenters. The zero-order chi connectivity index (χ0) is 15.3. The first kappa shape index (κ1) is 16.4. The van der Waals surface area contributed by atoms with Crippen LogP contribution in [0.3, 0.4) is 0 Å². The molecule has 1 rings (SSSR count). The average Bonchev–Trinajstić information content (AvgIpc) is 2.75. The van der Waals surface area contributed by atoms with Crippen molar-refractivity contribution in [2.45, 2.75) is 26.4 Å². The SMILES string of the molecule is CC(C)(C)OC(=O)NCC[S+]([O-])n1ccc(C(=O)O)c1. The van der Waals surface area contributed by atoms with E-state index in [0.717, 1.165) is 0 Å². The highest BCUT2D eigenvalue weighted by Crippen LogP contribution is 2.07. The second-order valence-corrected chi connectivity index (χ2v) is 6.49. The topological polar surface area (TPSA) is 104 Å². The van der Waals surface area contributed by atoms with E-state index in [1.54, 1.807) is 20.8 Å². The van der Waals surface area contributed by atoms with Gasteiger partial charge < -0.3 is 19.7 Å². The Morgan fingerprint density at radius 3 is 2.65 bits per heavy atom. The molecule has 20 heavy (non-hydrogen) atoms. The molecule has 0 aliphatic rings. The van der Waals surface area contributed by atoms with Crippen molar-refractivity contribution in [3.63, 3.8) is 0 Å². The van der Waals surface area contributed by atoms with Crippen LogP contribution in [0, 0.1) is 0 Å². The predicted octanol–water partition coefficient (Wildman–Crippen LogP) is 1.22. The van der Waals surface area contributed by atoms with Crippen LogP contribution in [0.2, 0.25) is 0 Å². The van der Waals surface area contributed by atoms with Crippen molar-refractivity contribution in [3.8, 4) is 0 Å². The monoisotopic (exact) mass is 302 g/mol. The fourth-order valence-electron chi connectivity index (χ4n) is 1.29. The van der Waals surface area contributed by atoms with E-state index in [4.69, 9.17) is 9.84 Å². The van der Waals surface area contributed by atoms with Crippen molar-refractivity contribution in [1.82, 2.24) is 9.29 Å². The lowest BCUT2D eigenvalue weighted by atomic mass is 10.2. The van der Waals surface area contributed by atoms with Crippen LogP contribution in [0.5, 0.6) is 0 Å². The molecule has 2 N–H and O–H groups in total. The molecule has 1 atom stereocenters. The van der Waals surface area contributed by atoms with Crippen molar-refractivity contribution in [2.24, 2.45) is 0 Å². The van der Waals surface area contributed by atoms with Gasteiger partial charge in [-0.1, -0.05) is 0 Å². The Bertz CT molecular complexity index is 480. The Kier molecular flexibility index (Phi) is 5.46. The molecule has 0 spiro atoms. The number of carboxylic acids is 1. The minimum atomic E-state index is -1.44. The summed E-state index contributed by atoms with van der Waals surface area (Å²) in [7, 11) is 0. The summed E-state index contributed by atoms with van der Waals surface area (Å²) in [6.45, 7) is 5.41. The van der Waals surface area contributed by atoms with Gasteiger partial charge in [-0.05, 0) is 26.8 Å². The Labute approximate surface area is 120 Å². The van der Waals surface area contributed by atoms with E-state index in [-0.39, 0.29) is 17.9 Å². The lowest BCUT2D eigenvalue weighted by Gasteiger charge is -2.19. The van der Waals surface area contributed by atoms with Crippen molar-refractivity contribution >= 4 is 23.4 Å². The number of amides is 1. The van der Waals surface area contributed by atoms with E-state index < -0.39 is 29.0 Å². The van der Waals surface area contributed by atoms with Gasteiger partial charge in [-0.3, -0.25) is 0 Å². The molecule has 0 aliphatic carbocycles. The Morgan fingerprint density at radius 1 is 1.50 bits per heavy atom. The standard InChI is InChI=1S/C12H18N2O5S/c1-12(2,3)19-11(17)13-5-7-20(18)14-6-4-9(8-14)10(15)16/h4,6,8H,5,7H2,1-3H3,(H,13,17)(H,15,16). The van der Waals surface area contributed by atoms with E-state index in [9.17, 15) is 14.1 Å². The molecule has 1 heterocycles. The number of nitrogens with zero attached hydrogens (tertiary/aromatic N) is 1. The van der Waals surface area contributed by atoms with E-state index in [1.165, 1.54) is 22.4 Å². The summed E-state index contributed by atoms with van der Waals surface area (Å²) < 4.78 is 18.2. The third-order valence-electron chi connectivity index (χ3n) is 2.09. The molecule has 0 fully saturated rings. The molecule has 1 aromatic heterocycles. The molecular formula is C12H18N2O5S. The number of carbonyl (C=O) groups is 2. The normalized spacial score (nSPS) is 12.8. The molecule has 0 bridgehead atoms. The number of aromatic nitrogens is 1. The lowest BCUT2D eigenvalue weighted by Crippen LogP contribution is -2.35. The summed E-state index contributed by atoms with van der Waals surface area (Å²) in [5.41, 5.74) is -0.515. The van der Waals surface area contributed by atoms with Gasteiger partial charge in [-0.25, -0.2) is 9.59 Å². The van der Waals surface area contributed by atoms with Crippen LogP contribution in [-0.4, -0.2) is 43.6 Å². The van der Waals surface area contributed by atoms with Gasteiger partial charge in [0.15, 0.2) is 0 Å². The summed E-state index contributed by atoms with van der Waals surface area (Å²) in [5.74, 6) is -0.917. The number of hydrogen-bond donors (Lipinski definition) is 2. The Morgan fingerprint density at radius 2 is 2.15 bits per heavy atom. The fraction of sp³-hybridized carbons (Fsp3) is 0.500. The molecule has 8 heteroatoms. The highest BCUT2D eigenvalue weighted by molar-refractivity contribution is 7.89. The van der Waals surface area contributed by atoms with Gasteiger partial charge in [0.05, 0.1) is 35.9 Å². The molecule has 7 nitrogen and oxygen atoms in total.